The minimum atomic E-state index is -4.22. The molecule has 184 valence electrons. The minimum Gasteiger partial charge on any atom is -0.480 e. The molecule has 0 saturated carbocycles. The number of nitrogens with one attached hydrogen (secondary N) is 1. The molecule has 0 atom stereocenters. The Morgan fingerprint density at radius 2 is 1.53 bits per heavy atom. The number of fused-ring (bicyclic) bond motifs is 1. The van der Waals surface area contributed by atoms with Crippen LogP contribution in [-0.4, -0.2) is 40.4 Å². The van der Waals surface area contributed by atoms with Crippen molar-refractivity contribution in [3.63, 3.8) is 0 Å². The molecule has 0 aliphatic carbocycles. The van der Waals surface area contributed by atoms with E-state index in [0.29, 0.717) is 0 Å². The molecule has 36 heavy (non-hydrogen) atoms. The highest BCUT2D eigenvalue weighted by atomic mass is 32.2. The summed E-state index contributed by atoms with van der Waals surface area (Å²) in [6.07, 6.45) is 0.971. The number of halogens is 1. The highest BCUT2D eigenvalue weighted by Crippen LogP contribution is 2.33. The zero-order valence-corrected chi connectivity index (χ0v) is 19.5. The average molecular weight is 510 g/mol. The normalized spacial score (nSPS) is 11.5. The smallest absolute Gasteiger partial charge is 0.322 e. The van der Waals surface area contributed by atoms with Crippen LogP contribution < -0.4 is 5.32 Å². The first kappa shape index (κ1) is 24.6. The fraction of sp³-hybridized carbons (Fsp3) is 0.0800. The molecule has 1 amide bonds. The number of carbonyl (C=O) groups is 3. The third kappa shape index (κ3) is 4.56. The SMILES string of the molecule is Cc1ccc(S(=O)(=O)n2cc(C(C(=O)O)C(=O)O)c3cc(NC(=O)c4ccc(F)cc4)ccc32)cc1. The van der Waals surface area contributed by atoms with Gasteiger partial charge < -0.3 is 15.5 Å². The molecule has 0 bridgehead atoms. The van der Waals surface area contributed by atoms with E-state index in [0.717, 1.165) is 27.9 Å². The van der Waals surface area contributed by atoms with Crippen molar-refractivity contribution in [2.45, 2.75) is 17.7 Å². The molecule has 11 heteroatoms. The monoisotopic (exact) mass is 510 g/mol. The van der Waals surface area contributed by atoms with E-state index in [4.69, 9.17) is 0 Å². The predicted octanol–water partition coefficient (Wildman–Crippen LogP) is 3.83. The molecule has 4 rings (SSSR count). The molecular weight excluding hydrogens is 491 g/mol. The largest absolute Gasteiger partial charge is 0.480 e. The molecule has 4 aromatic rings. The van der Waals surface area contributed by atoms with Crippen LogP contribution in [0.4, 0.5) is 10.1 Å². The first-order chi connectivity index (χ1) is 17.0. The summed E-state index contributed by atoms with van der Waals surface area (Å²) in [7, 11) is -4.22. The Balaban J connectivity index is 1.87. The van der Waals surface area contributed by atoms with E-state index >= 15 is 0 Å². The molecule has 0 fully saturated rings. The molecule has 3 N–H and O–H groups in total. The van der Waals surface area contributed by atoms with Gasteiger partial charge in [-0.2, -0.15) is 0 Å². The van der Waals surface area contributed by atoms with Crippen molar-refractivity contribution in [3.05, 3.63) is 95.4 Å². The number of aryl methyl sites for hydroxylation is 1. The highest BCUT2D eigenvalue weighted by Gasteiger charge is 2.33. The summed E-state index contributed by atoms with van der Waals surface area (Å²) in [4.78, 5) is 36.0. The van der Waals surface area contributed by atoms with E-state index in [1.165, 1.54) is 42.5 Å². The lowest BCUT2D eigenvalue weighted by molar-refractivity contribution is -0.149. The topological polar surface area (TPSA) is 143 Å². The maximum atomic E-state index is 13.4. The zero-order chi connectivity index (χ0) is 26.2. The Morgan fingerprint density at radius 1 is 0.917 bits per heavy atom. The number of amides is 1. The van der Waals surface area contributed by atoms with Gasteiger partial charge in [-0.3, -0.25) is 14.4 Å². The maximum absolute atomic E-state index is 13.4. The van der Waals surface area contributed by atoms with Crippen molar-refractivity contribution in [3.8, 4) is 0 Å². The number of anilines is 1. The van der Waals surface area contributed by atoms with Gasteiger partial charge >= 0.3 is 11.9 Å². The average Bonchev–Trinajstić information content (AvgIpc) is 3.18. The number of nitrogens with zero attached hydrogens (tertiary/aromatic N) is 1. The van der Waals surface area contributed by atoms with Crippen LogP contribution >= 0.6 is 0 Å². The summed E-state index contributed by atoms with van der Waals surface area (Å²) in [6.45, 7) is 1.78. The quantitative estimate of drug-likeness (QED) is 0.321. The number of aromatic nitrogens is 1. The number of hydrogen-bond donors (Lipinski definition) is 3. The fourth-order valence-electron chi connectivity index (χ4n) is 3.73. The van der Waals surface area contributed by atoms with Crippen LogP contribution in [0.2, 0.25) is 0 Å². The number of rotatable bonds is 7. The number of benzene rings is 3. The molecule has 0 aliphatic heterocycles. The first-order valence-corrected chi connectivity index (χ1v) is 11.9. The van der Waals surface area contributed by atoms with E-state index in [-0.39, 0.29) is 32.6 Å². The second-order valence-electron chi connectivity index (χ2n) is 8.00. The van der Waals surface area contributed by atoms with Gasteiger partial charge in [-0.25, -0.2) is 16.8 Å². The van der Waals surface area contributed by atoms with Crippen molar-refractivity contribution < 1.29 is 37.4 Å². The van der Waals surface area contributed by atoms with Gasteiger partial charge in [0.15, 0.2) is 5.92 Å². The molecule has 0 saturated heterocycles. The summed E-state index contributed by atoms with van der Waals surface area (Å²) in [6, 6.07) is 14.8. The Labute approximate surface area is 204 Å². The van der Waals surface area contributed by atoms with E-state index in [9.17, 15) is 37.4 Å². The van der Waals surface area contributed by atoms with E-state index in [2.05, 4.69) is 5.32 Å². The van der Waals surface area contributed by atoms with Gasteiger partial charge in [0.05, 0.1) is 10.4 Å². The minimum absolute atomic E-state index is 0.0115. The van der Waals surface area contributed by atoms with Crippen LogP contribution in [-0.2, 0) is 19.6 Å². The zero-order valence-electron chi connectivity index (χ0n) is 18.7. The maximum Gasteiger partial charge on any atom is 0.322 e. The highest BCUT2D eigenvalue weighted by molar-refractivity contribution is 7.90. The lowest BCUT2D eigenvalue weighted by Crippen LogP contribution is -2.21. The van der Waals surface area contributed by atoms with Gasteiger partial charge in [0.25, 0.3) is 15.9 Å². The third-order valence-corrected chi connectivity index (χ3v) is 7.24. The molecule has 3 aromatic carbocycles. The summed E-state index contributed by atoms with van der Waals surface area (Å²) in [5.74, 6) is -6.56. The lowest BCUT2D eigenvalue weighted by atomic mass is 9.98. The van der Waals surface area contributed by atoms with Crippen LogP contribution in [0.25, 0.3) is 10.9 Å². The Kier molecular flexibility index (Phi) is 6.34. The first-order valence-electron chi connectivity index (χ1n) is 10.5. The van der Waals surface area contributed by atoms with Gasteiger partial charge in [0.1, 0.15) is 5.82 Å². The molecule has 0 radical (unpaired) electrons. The summed E-state index contributed by atoms with van der Waals surface area (Å²) >= 11 is 0. The van der Waals surface area contributed by atoms with E-state index < -0.39 is 39.6 Å². The standard InChI is InChI=1S/C25H19FN2O7S/c1-14-2-9-18(10-3-14)36(34,35)28-13-20(22(24(30)31)25(32)33)19-12-17(8-11-21(19)28)27-23(29)15-4-6-16(26)7-5-15/h2-13,22H,1H3,(H,27,29)(H,30,31)(H,32,33). The fourth-order valence-corrected chi connectivity index (χ4v) is 5.11. The number of aliphatic carboxylic acids is 2. The van der Waals surface area contributed by atoms with Crippen molar-refractivity contribution in [2.75, 3.05) is 5.32 Å². The summed E-state index contributed by atoms with van der Waals surface area (Å²) in [5, 5.41) is 21.7. The molecule has 0 unspecified atom stereocenters. The Hall–Kier alpha value is -4.51. The molecule has 0 spiro atoms. The van der Waals surface area contributed by atoms with Gasteiger partial charge in [-0.05, 0) is 61.5 Å². The molecular formula is C25H19FN2O7S. The van der Waals surface area contributed by atoms with Crippen molar-refractivity contribution >= 4 is 44.5 Å². The number of carbonyl (C=O) groups excluding carboxylic acids is 1. The van der Waals surface area contributed by atoms with Gasteiger partial charge in [0, 0.05) is 28.4 Å². The van der Waals surface area contributed by atoms with Gasteiger partial charge in [0.2, 0.25) is 0 Å². The predicted molar refractivity (Wildman–Crippen MR) is 128 cm³/mol. The Bertz CT molecular complexity index is 1590. The van der Waals surface area contributed by atoms with Crippen molar-refractivity contribution in [1.29, 1.82) is 0 Å². The van der Waals surface area contributed by atoms with Crippen molar-refractivity contribution in [1.82, 2.24) is 3.97 Å². The number of carboxylic acids is 2. The van der Waals surface area contributed by atoms with Crippen LogP contribution in [0.5, 0.6) is 0 Å². The lowest BCUT2D eigenvalue weighted by Gasteiger charge is -2.09. The second-order valence-corrected chi connectivity index (χ2v) is 9.82. The molecule has 1 aromatic heterocycles. The molecule has 0 aliphatic rings. The van der Waals surface area contributed by atoms with Crippen LogP contribution in [0.15, 0.2) is 77.8 Å². The molecule has 9 nitrogen and oxygen atoms in total. The van der Waals surface area contributed by atoms with Gasteiger partial charge in [-0.1, -0.05) is 17.7 Å². The summed E-state index contributed by atoms with van der Waals surface area (Å²) in [5.41, 5.74) is 0.866. The van der Waals surface area contributed by atoms with Gasteiger partial charge in [-0.15, -0.1) is 0 Å². The van der Waals surface area contributed by atoms with Crippen molar-refractivity contribution in [2.24, 2.45) is 0 Å². The molecule has 1 heterocycles. The second kappa shape index (κ2) is 9.27. The van der Waals surface area contributed by atoms with Crippen LogP contribution in [0, 0.1) is 12.7 Å². The third-order valence-electron chi connectivity index (χ3n) is 5.55. The van der Waals surface area contributed by atoms with E-state index in [1.807, 2.05) is 0 Å². The number of hydrogen-bond acceptors (Lipinski definition) is 5. The van der Waals surface area contributed by atoms with Crippen LogP contribution in [0.1, 0.15) is 27.4 Å². The Morgan fingerprint density at radius 3 is 2.11 bits per heavy atom. The van der Waals surface area contributed by atoms with E-state index in [1.54, 1.807) is 19.1 Å². The summed E-state index contributed by atoms with van der Waals surface area (Å²) < 4.78 is 40.7. The van der Waals surface area contributed by atoms with Crippen LogP contribution in [0.3, 0.4) is 0 Å². The number of carboxylic acid groups (broad SMARTS) is 2.